The van der Waals surface area contributed by atoms with Gasteiger partial charge in [0.25, 0.3) is 0 Å². The lowest BCUT2D eigenvalue weighted by atomic mass is 9.71. The number of ketones is 1. The molecular formula is C60H67N3O8. The van der Waals surface area contributed by atoms with Crippen LogP contribution in [0.4, 0.5) is 5.82 Å². The molecule has 11 rings (SSSR count). The number of phenolic OH excluding ortho intramolecular Hbond substituents is 1. The van der Waals surface area contributed by atoms with Crippen molar-refractivity contribution in [3.63, 3.8) is 0 Å². The molecule has 0 amide bonds. The third-order valence-electron chi connectivity index (χ3n) is 15.3. The van der Waals surface area contributed by atoms with E-state index in [0.717, 1.165) is 83.8 Å². The first-order chi connectivity index (χ1) is 34.7. The Bertz CT molecular complexity index is 2820. The number of hydrogen-bond acceptors (Lipinski definition) is 9. The second kappa shape index (κ2) is 21.4. The van der Waals surface area contributed by atoms with E-state index in [-0.39, 0.29) is 67.3 Å². The fourth-order valence-corrected chi connectivity index (χ4v) is 11.5. The van der Waals surface area contributed by atoms with Gasteiger partial charge in [0.2, 0.25) is 5.75 Å². The van der Waals surface area contributed by atoms with Crippen LogP contribution in [0.1, 0.15) is 96.2 Å². The highest BCUT2D eigenvalue weighted by atomic mass is 16.5. The van der Waals surface area contributed by atoms with Crippen LogP contribution in [0, 0.1) is 5.92 Å². The highest BCUT2D eigenvalue weighted by molar-refractivity contribution is 6.05. The van der Waals surface area contributed by atoms with Crippen molar-refractivity contribution in [3.05, 3.63) is 160 Å². The number of carbonyl (C=O) groups excluding carboxylic acids is 1. The van der Waals surface area contributed by atoms with Crippen LogP contribution in [0.2, 0.25) is 0 Å². The molecule has 71 heavy (non-hydrogen) atoms. The number of nitrogens with one attached hydrogen (secondary N) is 1. The predicted molar refractivity (Wildman–Crippen MR) is 279 cm³/mol. The van der Waals surface area contributed by atoms with Crippen LogP contribution in [0.3, 0.4) is 0 Å². The Morgan fingerprint density at radius 1 is 0.915 bits per heavy atom. The second-order valence-corrected chi connectivity index (χ2v) is 19.8. The number of ether oxygens (including phenoxy) is 4. The maximum absolute atomic E-state index is 12.2. The zero-order valence-corrected chi connectivity index (χ0v) is 41.0. The lowest BCUT2D eigenvalue weighted by Crippen LogP contribution is -2.60. The number of aliphatic hydroxyl groups is 2. The van der Waals surface area contributed by atoms with Gasteiger partial charge in [-0.3, -0.25) is 4.79 Å². The van der Waals surface area contributed by atoms with Crippen LogP contribution in [0.5, 0.6) is 28.7 Å². The number of piperazine rings is 1. The molecule has 6 aromatic rings. The summed E-state index contributed by atoms with van der Waals surface area (Å²) in [4.78, 5) is 20.2. The van der Waals surface area contributed by atoms with E-state index >= 15 is 0 Å². The Morgan fingerprint density at radius 2 is 1.72 bits per heavy atom. The molecule has 4 bridgehead atoms. The third-order valence-corrected chi connectivity index (χ3v) is 15.3. The van der Waals surface area contributed by atoms with Gasteiger partial charge in [-0.25, -0.2) is 0 Å². The summed E-state index contributed by atoms with van der Waals surface area (Å²) >= 11 is 0. The van der Waals surface area contributed by atoms with E-state index in [2.05, 4.69) is 71.7 Å². The summed E-state index contributed by atoms with van der Waals surface area (Å²) in [7, 11) is 1.57. The fraction of sp³-hybridized carbons (Fsp3) is 0.383. The number of benzene rings is 5. The quantitative estimate of drug-likeness (QED) is 0.0980. The normalized spacial score (nSPS) is 20.3. The second-order valence-electron chi connectivity index (χ2n) is 19.8. The largest absolute Gasteiger partial charge is 0.508 e. The number of anilines is 1. The smallest absolute Gasteiger partial charge is 0.335 e. The number of aryl methyl sites for hydroxylation is 2. The number of fused-ring (bicyclic) bond motifs is 7. The summed E-state index contributed by atoms with van der Waals surface area (Å²) < 4.78 is 26.8. The van der Waals surface area contributed by atoms with Gasteiger partial charge in [-0.1, -0.05) is 140 Å². The van der Waals surface area contributed by atoms with E-state index in [1.807, 2.05) is 36.4 Å². The molecule has 11 heteroatoms. The maximum atomic E-state index is 12.2. The van der Waals surface area contributed by atoms with Crippen LogP contribution < -0.4 is 34.1 Å². The molecule has 11 nitrogen and oxygen atoms in total. The number of rotatable bonds is 10. The van der Waals surface area contributed by atoms with Crippen molar-refractivity contribution in [3.8, 4) is 39.9 Å². The van der Waals surface area contributed by atoms with Crippen molar-refractivity contribution in [1.29, 1.82) is 0 Å². The molecule has 5 heterocycles. The van der Waals surface area contributed by atoms with Gasteiger partial charge in [-0.2, -0.15) is 0 Å². The number of phenols is 1. The molecule has 4 atom stereocenters. The number of aromatic hydroxyl groups is 1. The van der Waals surface area contributed by atoms with E-state index < -0.39 is 12.2 Å². The highest BCUT2D eigenvalue weighted by Gasteiger charge is 2.45. The van der Waals surface area contributed by atoms with Gasteiger partial charge >= 0.3 is 5.78 Å². The van der Waals surface area contributed by atoms with Gasteiger partial charge in [-0.05, 0) is 121 Å². The van der Waals surface area contributed by atoms with Gasteiger partial charge in [-0.15, -0.1) is 0 Å². The molecule has 1 spiro atoms. The number of aromatic nitrogens is 1. The lowest BCUT2D eigenvalue weighted by molar-refractivity contribution is 0.153. The van der Waals surface area contributed by atoms with Crippen LogP contribution in [0.25, 0.3) is 17.2 Å². The van der Waals surface area contributed by atoms with Crippen LogP contribution in [-0.2, 0) is 31.1 Å². The van der Waals surface area contributed by atoms with Gasteiger partial charge in [0.15, 0.2) is 17.1 Å². The topological polar surface area (TPSA) is 148 Å². The Labute approximate surface area is 417 Å². The van der Waals surface area contributed by atoms with E-state index in [4.69, 9.17) is 23.9 Å². The SMILES string of the molecule is CCc1cc2c([n-]1)N1CCNCC1C1(CCCC1)c1ccc(cc1)CC(CO)COc1c(c3c(c(OCCC(O)C=Cc4ccccc4)c1OC)C(=[OH+])CC(c1ccc(O)cc1)O3)CCc1cccc-2c1. The van der Waals surface area contributed by atoms with Gasteiger partial charge in [0, 0.05) is 24.5 Å². The molecule has 4 unspecified atom stereocenters. The molecule has 1 saturated heterocycles. The minimum absolute atomic E-state index is 0.0396. The number of nitrogens with zero attached hydrogens (tertiary/aromatic N) is 2. The average molecular weight is 958 g/mol. The molecule has 4 aliphatic heterocycles. The molecule has 5 N–H and O–H groups in total. The van der Waals surface area contributed by atoms with Crippen molar-refractivity contribution < 1.29 is 39.1 Å². The first-order valence-electron chi connectivity index (χ1n) is 25.6. The van der Waals surface area contributed by atoms with E-state index in [1.54, 1.807) is 37.5 Å². The monoisotopic (exact) mass is 957 g/mol. The highest BCUT2D eigenvalue weighted by Crippen LogP contribution is 2.54. The van der Waals surface area contributed by atoms with E-state index in [1.165, 1.54) is 18.4 Å². The Kier molecular flexibility index (Phi) is 14.5. The number of methoxy groups -OCH3 is 1. The molecule has 1 saturated carbocycles. The Hall–Kier alpha value is -6.53. The number of aliphatic hydroxyl groups excluding tert-OH is 2. The fourth-order valence-electron chi connectivity index (χ4n) is 11.5. The average Bonchev–Trinajstić information content (AvgIpc) is 4.09. The predicted octanol–water partition coefficient (Wildman–Crippen LogP) is 9.47. The van der Waals surface area contributed by atoms with E-state index in [9.17, 15) is 20.1 Å². The molecule has 5 aromatic carbocycles. The van der Waals surface area contributed by atoms with E-state index in [0.29, 0.717) is 47.6 Å². The number of hydrogen-bond donors (Lipinski definition) is 4. The van der Waals surface area contributed by atoms with Crippen molar-refractivity contribution in [2.45, 2.75) is 94.8 Å². The summed E-state index contributed by atoms with van der Waals surface area (Å²) in [5, 5.41) is 36.0. The zero-order chi connectivity index (χ0) is 48.9. The van der Waals surface area contributed by atoms with Crippen molar-refractivity contribution in [1.82, 2.24) is 10.3 Å². The van der Waals surface area contributed by atoms with Crippen LogP contribution in [0.15, 0.2) is 115 Å². The molecule has 1 aliphatic carbocycles. The summed E-state index contributed by atoms with van der Waals surface area (Å²) in [6, 6.07) is 37.0. The first kappa shape index (κ1) is 48.1. The Balaban J connectivity index is 1.08. The summed E-state index contributed by atoms with van der Waals surface area (Å²) in [6.07, 6.45) is 9.69. The maximum Gasteiger partial charge on any atom is 0.335 e. The zero-order valence-electron chi connectivity index (χ0n) is 41.0. The van der Waals surface area contributed by atoms with Crippen molar-refractivity contribution in [2.24, 2.45) is 5.92 Å². The minimum atomic E-state index is -0.806. The van der Waals surface area contributed by atoms with Crippen LogP contribution >= 0.6 is 0 Å². The van der Waals surface area contributed by atoms with Gasteiger partial charge < -0.3 is 49.5 Å². The molecule has 370 valence electrons. The standard InChI is InChI=1S/C60H66N3O8/c1-3-46-34-50-44-13-9-12-40(33-44)17-25-49-55-54(51(67)35-52(71-55)43-18-23-47(65)24-19-43)57(69-31-26-48(66)22-16-39-10-5-4-6-11-39)58(68-2)56(49)70-38-42(37-64)32-41-14-20-45(21-15-41)60(27-7-8-28-60)53-36-61-29-30-63(53)59(50)62-46/h4-6,9-16,18-24,33-34,42,48,52-53,61,64-66H,3,7-8,17,25-32,35-38H2,1-2H3/q-1/p+1. The third kappa shape index (κ3) is 10.1. The molecule has 2 fully saturated rings. The molecule has 0 radical (unpaired) electrons. The lowest BCUT2D eigenvalue weighted by Gasteiger charge is -2.54. The molecule has 5 aliphatic rings. The summed E-state index contributed by atoms with van der Waals surface area (Å²) in [5.74, 6) is 2.35. The van der Waals surface area contributed by atoms with Crippen LogP contribution in [-0.4, -0.2) is 84.6 Å². The summed E-state index contributed by atoms with van der Waals surface area (Å²) in [5.41, 5.74) is 9.71. The van der Waals surface area contributed by atoms with Gasteiger partial charge in [0.1, 0.15) is 24.0 Å². The Morgan fingerprint density at radius 3 is 2.48 bits per heavy atom. The minimum Gasteiger partial charge on any atom is -0.508 e. The van der Waals surface area contributed by atoms with Crippen molar-refractivity contribution in [2.75, 3.05) is 51.5 Å². The van der Waals surface area contributed by atoms with Gasteiger partial charge in [0.05, 0.1) is 26.4 Å². The first-order valence-corrected chi connectivity index (χ1v) is 25.6. The molecular weight excluding hydrogens is 891 g/mol. The molecule has 1 aromatic heterocycles. The van der Waals surface area contributed by atoms with Crippen molar-refractivity contribution >= 4 is 17.7 Å². The summed E-state index contributed by atoms with van der Waals surface area (Å²) in [6.45, 7) is 4.96.